The van der Waals surface area contributed by atoms with Crippen LogP contribution in [0.3, 0.4) is 0 Å². The molecule has 0 bridgehead atoms. The summed E-state index contributed by atoms with van der Waals surface area (Å²) in [5, 5.41) is 11.6. The standard InChI is InChI=1S/C14H11N3O3/c15-8-14(6-5-11(18)16-13(14)20)17-7-9-3-1-2-4-10(9)12(17)19/h1-4H,5-7H2,(H,16,18,20)/t14-/m1/s1. The minimum Gasteiger partial charge on any atom is -0.308 e. The Labute approximate surface area is 115 Å². The lowest BCUT2D eigenvalue weighted by Gasteiger charge is -2.36. The van der Waals surface area contributed by atoms with Crippen molar-refractivity contribution in [3.63, 3.8) is 0 Å². The third-order valence-corrected chi connectivity index (χ3v) is 3.81. The fourth-order valence-electron chi connectivity index (χ4n) is 2.69. The molecule has 2 aliphatic rings. The number of nitrogens with one attached hydrogen (secondary N) is 1. The van der Waals surface area contributed by atoms with Crippen LogP contribution >= 0.6 is 0 Å². The molecule has 0 saturated carbocycles. The molecule has 0 radical (unpaired) electrons. The van der Waals surface area contributed by atoms with Gasteiger partial charge in [-0.2, -0.15) is 5.26 Å². The number of benzene rings is 1. The van der Waals surface area contributed by atoms with Gasteiger partial charge in [-0.3, -0.25) is 19.7 Å². The summed E-state index contributed by atoms with van der Waals surface area (Å²) in [6, 6.07) is 8.95. The summed E-state index contributed by atoms with van der Waals surface area (Å²) in [5.74, 6) is -1.46. The first kappa shape index (κ1) is 12.4. The second-order valence-corrected chi connectivity index (χ2v) is 4.90. The first-order chi connectivity index (χ1) is 9.58. The highest BCUT2D eigenvalue weighted by Gasteiger charge is 2.52. The highest BCUT2D eigenvalue weighted by molar-refractivity contribution is 6.09. The average Bonchev–Trinajstić information content (AvgIpc) is 2.78. The molecule has 20 heavy (non-hydrogen) atoms. The van der Waals surface area contributed by atoms with Crippen LogP contribution in [0.1, 0.15) is 28.8 Å². The number of amides is 3. The molecular formula is C14H11N3O3. The number of piperidine rings is 1. The van der Waals surface area contributed by atoms with Crippen molar-refractivity contribution in [3.8, 4) is 6.07 Å². The van der Waals surface area contributed by atoms with Gasteiger partial charge in [0.15, 0.2) is 0 Å². The van der Waals surface area contributed by atoms with Gasteiger partial charge in [0.25, 0.3) is 11.8 Å². The largest absolute Gasteiger partial charge is 0.308 e. The Hall–Kier alpha value is -2.68. The van der Waals surface area contributed by atoms with Gasteiger partial charge in [-0.25, -0.2) is 0 Å². The molecule has 1 aromatic rings. The first-order valence-corrected chi connectivity index (χ1v) is 6.24. The van der Waals surface area contributed by atoms with Crippen LogP contribution < -0.4 is 5.32 Å². The molecule has 0 spiro atoms. The van der Waals surface area contributed by atoms with Gasteiger partial charge in [-0.05, 0) is 11.6 Å². The molecule has 100 valence electrons. The number of hydrogen-bond acceptors (Lipinski definition) is 4. The molecule has 3 amide bonds. The molecule has 3 rings (SSSR count). The molecule has 6 nitrogen and oxygen atoms in total. The molecule has 1 N–H and O–H groups in total. The molecule has 2 heterocycles. The maximum atomic E-state index is 12.4. The minimum atomic E-state index is -1.59. The van der Waals surface area contributed by atoms with Crippen LogP contribution in [-0.4, -0.2) is 28.2 Å². The normalized spacial score (nSPS) is 25.1. The van der Waals surface area contributed by atoms with Gasteiger partial charge in [0.1, 0.15) is 6.07 Å². The van der Waals surface area contributed by atoms with Crippen LogP contribution in [0.5, 0.6) is 0 Å². The molecule has 0 aromatic heterocycles. The van der Waals surface area contributed by atoms with Crippen LogP contribution in [0.25, 0.3) is 0 Å². The van der Waals surface area contributed by atoms with E-state index in [0.717, 1.165) is 5.56 Å². The van der Waals surface area contributed by atoms with E-state index in [-0.39, 0.29) is 25.3 Å². The van der Waals surface area contributed by atoms with E-state index in [2.05, 4.69) is 5.32 Å². The van der Waals surface area contributed by atoms with E-state index in [0.29, 0.717) is 5.56 Å². The number of nitriles is 1. The molecule has 1 aromatic carbocycles. The van der Waals surface area contributed by atoms with E-state index in [9.17, 15) is 19.6 Å². The second kappa shape index (κ2) is 4.17. The van der Waals surface area contributed by atoms with E-state index in [1.807, 2.05) is 6.07 Å². The number of hydrogen-bond donors (Lipinski definition) is 1. The molecule has 0 aliphatic carbocycles. The summed E-state index contributed by atoms with van der Waals surface area (Å²) in [5.41, 5.74) is -0.298. The molecule has 0 unspecified atom stereocenters. The van der Waals surface area contributed by atoms with Crippen molar-refractivity contribution in [1.82, 2.24) is 10.2 Å². The Morgan fingerprint density at radius 1 is 1.25 bits per heavy atom. The Kier molecular flexibility index (Phi) is 2.57. The van der Waals surface area contributed by atoms with Gasteiger partial charge in [0.2, 0.25) is 11.4 Å². The van der Waals surface area contributed by atoms with E-state index in [1.165, 1.54) is 4.90 Å². The summed E-state index contributed by atoms with van der Waals surface area (Å²) in [7, 11) is 0. The highest BCUT2D eigenvalue weighted by atomic mass is 16.2. The number of carbonyl (C=O) groups excluding carboxylic acids is 3. The number of imide groups is 1. The monoisotopic (exact) mass is 269 g/mol. The van der Waals surface area contributed by atoms with Crippen molar-refractivity contribution in [2.45, 2.75) is 24.9 Å². The fraction of sp³-hybridized carbons (Fsp3) is 0.286. The van der Waals surface area contributed by atoms with Gasteiger partial charge in [0.05, 0.1) is 0 Å². The lowest BCUT2D eigenvalue weighted by atomic mass is 9.88. The van der Waals surface area contributed by atoms with Crippen LogP contribution in [0.4, 0.5) is 0 Å². The zero-order valence-corrected chi connectivity index (χ0v) is 10.5. The molecule has 1 saturated heterocycles. The Morgan fingerprint density at radius 2 is 2.00 bits per heavy atom. The van der Waals surface area contributed by atoms with Gasteiger partial charge >= 0.3 is 0 Å². The third kappa shape index (κ3) is 1.53. The maximum absolute atomic E-state index is 12.4. The van der Waals surface area contributed by atoms with Crippen molar-refractivity contribution < 1.29 is 14.4 Å². The molecule has 2 aliphatic heterocycles. The van der Waals surface area contributed by atoms with Gasteiger partial charge in [0, 0.05) is 24.9 Å². The van der Waals surface area contributed by atoms with E-state index >= 15 is 0 Å². The van der Waals surface area contributed by atoms with E-state index < -0.39 is 17.4 Å². The van der Waals surface area contributed by atoms with E-state index in [4.69, 9.17) is 0 Å². The first-order valence-electron chi connectivity index (χ1n) is 6.24. The number of carbonyl (C=O) groups is 3. The highest BCUT2D eigenvalue weighted by Crippen LogP contribution is 2.33. The van der Waals surface area contributed by atoms with Gasteiger partial charge in [-0.15, -0.1) is 0 Å². The van der Waals surface area contributed by atoms with Gasteiger partial charge in [-0.1, -0.05) is 18.2 Å². The quantitative estimate of drug-likeness (QED) is 0.744. The molecule has 1 fully saturated rings. The average molecular weight is 269 g/mol. The van der Waals surface area contributed by atoms with Crippen LogP contribution in [0.2, 0.25) is 0 Å². The Balaban J connectivity index is 2.01. The van der Waals surface area contributed by atoms with Crippen molar-refractivity contribution >= 4 is 17.7 Å². The Bertz CT molecular complexity index is 676. The molecular weight excluding hydrogens is 258 g/mol. The van der Waals surface area contributed by atoms with E-state index in [1.54, 1.807) is 24.3 Å². The lowest BCUT2D eigenvalue weighted by molar-refractivity contribution is -0.140. The zero-order chi connectivity index (χ0) is 14.3. The SMILES string of the molecule is N#C[C@]1(N2Cc3ccccc3C2=O)CCC(=O)NC1=O. The van der Waals surface area contributed by atoms with Crippen LogP contribution in [0, 0.1) is 11.3 Å². The summed E-state index contributed by atoms with van der Waals surface area (Å²) in [6.45, 7) is 0.212. The topological polar surface area (TPSA) is 90.3 Å². The number of rotatable bonds is 1. The molecule has 6 heteroatoms. The van der Waals surface area contributed by atoms with Crippen molar-refractivity contribution in [1.29, 1.82) is 5.26 Å². The van der Waals surface area contributed by atoms with Crippen molar-refractivity contribution in [2.24, 2.45) is 0 Å². The Morgan fingerprint density at radius 3 is 2.65 bits per heavy atom. The predicted molar refractivity (Wildman–Crippen MR) is 67.0 cm³/mol. The maximum Gasteiger partial charge on any atom is 0.267 e. The predicted octanol–water partition coefficient (Wildman–Crippen LogP) is 0.341. The fourth-order valence-corrected chi connectivity index (χ4v) is 2.69. The second-order valence-electron chi connectivity index (χ2n) is 4.90. The lowest BCUT2D eigenvalue weighted by Crippen LogP contribution is -2.62. The summed E-state index contributed by atoms with van der Waals surface area (Å²) in [4.78, 5) is 37.0. The smallest absolute Gasteiger partial charge is 0.267 e. The molecule has 1 atom stereocenters. The summed E-state index contributed by atoms with van der Waals surface area (Å²) in [6.07, 6.45) is 0.0906. The van der Waals surface area contributed by atoms with Crippen molar-refractivity contribution in [3.05, 3.63) is 35.4 Å². The number of nitrogens with zero attached hydrogens (tertiary/aromatic N) is 2. The minimum absolute atomic E-state index is 0.0356. The van der Waals surface area contributed by atoms with Gasteiger partial charge < -0.3 is 4.90 Å². The third-order valence-electron chi connectivity index (χ3n) is 3.81. The summed E-state index contributed by atoms with van der Waals surface area (Å²) >= 11 is 0. The number of fused-ring (bicyclic) bond motifs is 1. The van der Waals surface area contributed by atoms with Crippen LogP contribution in [-0.2, 0) is 16.1 Å². The zero-order valence-electron chi connectivity index (χ0n) is 10.5. The summed E-state index contributed by atoms with van der Waals surface area (Å²) < 4.78 is 0. The van der Waals surface area contributed by atoms with Crippen molar-refractivity contribution in [2.75, 3.05) is 0 Å². The van der Waals surface area contributed by atoms with Crippen LogP contribution in [0.15, 0.2) is 24.3 Å².